The number of rotatable bonds is 4. The van der Waals surface area contributed by atoms with Crippen LogP contribution in [-0.2, 0) is 6.54 Å². The first-order valence-electron chi connectivity index (χ1n) is 6.79. The van der Waals surface area contributed by atoms with Gasteiger partial charge >= 0.3 is 5.76 Å². The van der Waals surface area contributed by atoms with Gasteiger partial charge < -0.3 is 4.42 Å². The molecule has 0 N–H and O–H groups in total. The summed E-state index contributed by atoms with van der Waals surface area (Å²) in [5.41, 5.74) is 1.90. The molecular weight excluding hydrogens is 242 g/mol. The summed E-state index contributed by atoms with van der Waals surface area (Å²) in [7, 11) is 0. The Balaban J connectivity index is 2.02. The van der Waals surface area contributed by atoms with E-state index in [0.29, 0.717) is 23.6 Å². The molecule has 0 aliphatic heterocycles. The number of Topliss-reactive ketones (excluding diaryl/α,β-unsaturated/α-hetero) is 1. The first-order valence-corrected chi connectivity index (χ1v) is 6.79. The number of hydrogen-bond donors (Lipinski definition) is 0. The van der Waals surface area contributed by atoms with E-state index in [1.165, 1.54) is 0 Å². The zero-order valence-corrected chi connectivity index (χ0v) is 11.2. The minimum absolute atomic E-state index is 0.0671. The summed E-state index contributed by atoms with van der Waals surface area (Å²) in [5, 5.41) is 0. The van der Waals surface area contributed by atoms with Gasteiger partial charge in [0, 0.05) is 18.0 Å². The molecule has 1 aromatic carbocycles. The Hall–Kier alpha value is -1.84. The molecule has 1 fully saturated rings. The van der Waals surface area contributed by atoms with Gasteiger partial charge in [-0.1, -0.05) is 6.92 Å². The Bertz CT molecular complexity index is 691. The number of oxazole rings is 1. The zero-order chi connectivity index (χ0) is 13.6. The lowest BCUT2D eigenvalue weighted by atomic mass is 9.95. The van der Waals surface area contributed by atoms with Crippen LogP contribution in [0.5, 0.6) is 0 Å². The van der Waals surface area contributed by atoms with Gasteiger partial charge in [0.25, 0.3) is 0 Å². The van der Waals surface area contributed by atoms with Crippen LogP contribution < -0.4 is 5.76 Å². The second-order valence-corrected chi connectivity index (χ2v) is 5.29. The van der Waals surface area contributed by atoms with Crippen LogP contribution in [0.4, 0.5) is 0 Å². The molecule has 1 heterocycles. The lowest BCUT2D eigenvalue weighted by molar-refractivity contribution is 0.0916. The number of carbonyl (C=O) groups excluding carboxylic acids is 1. The maximum atomic E-state index is 12.3. The van der Waals surface area contributed by atoms with Gasteiger partial charge in [-0.25, -0.2) is 4.79 Å². The molecule has 4 nitrogen and oxygen atoms in total. The minimum atomic E-state index is -0.364. The van der Waals surface area contributed by atoms with Crippen LogP contribution in [0.25, 0.3) is 11.1 Å². The highest BCUT2D eigenvalue weighted by atomic mass is 16.4. The number of aromatic nitrogens is 1. The lowest BCUT2D eigenvalue weighted by Crippen LogP contribution is -2.13. The highest BCUT2D eigenvalue weighted by Gasteiger charge is 2.33. The first-order chi connectivity index (χ1) is 9.11. The molecule has 3 rings (SSSR count). The van der Waals surface area contributed by atoms with Crippen LogP contribution >= 0.6 is 0 Å². The maximum absolute atomic E-state index is 12.3. The summed E-state index contributed by atoms with van der Waals surface area (Å²) in [6.07, 6.45) is 2.30. The summed E-state index contributed by atoms with van der Waals surface area (Å²) in [6, 6.07) is 5.30. The molecule has 0 radical (unpaired) electrons. The van der Waals surface area contributed by atoms with Gasteiger partial charge in [0.1, 0.15) is 0 Å². The second kappa shape index (κ2) is 4.37. The van der Waals surface area contributed by atoms with Crippen molar-refractivity contribution in [1.82, 2.24) is 4.57 Å². The van der Waals surface area contributed by atoms with Gasteiger partial charge in [0.15, 0.2) is 11.4 Å². The molecule has 2 aromatic rings. The SMILES string of the molecule is CCn1c(=O)oc2cc(C(=O)C(C)C3CC3)ccc21. The van der Waals surface area contributed by atoms with Gasteiger partial charge in [-0.05, 0) is 43.9 Å². The normalized spacial score (nSPS) is 16.7. The monoisotopic (exact) mass is 259 g/mol. The highest BCUT2D eigenvalue weighted by molar-refractivity contribution is 6.00. The van der Waals surface area contributed by atoms with E-state index in [-0.39, 0.29) is 17.5 Å². The van der Waals surface area contributed by atoms with Crippen molar-refractivity contribution in [3.8, 4) is 0 Å². The van der Waals surface area contributed by atoms with Crippen LogP contribution in [0.1, 0.15) is 37.0 Å². The molecule has 0 amide bonds. The maximum Gasteiger partial charge on any atom is 0.419 e. The van der Waals surface area contributed by atoms with Gasteiger partial charge in [0.2, 0.25) is 0 Å². The van der Waals surface area contributed by atoms with Crippen LogP contribution in [0.3, 0.4) is 0 Å². The van der Waals surface area contributed by atoms with Crippen molar-refractivity contribution in [2.24, 2.45) is 11.8 Å². The molecule has 0 bridgehead atoms. The van der Waals surface area contributed by atoms with Gasteiger partial charge in [0.05, 0.1) is 5.52 Å². The molecule has 0 spiro atoms. The van der Waals surface area contributed by atoms with Crippen molar-refractivity contribution in [3.05, 3.63) is 34.3 Å². The van der Waals surface area contributed by atoms with Crippen molar-refractivity contribution in [1.29, 1.82) is 0 Å². The number of aryl methyl sites for hydroxylation is 1. The Labute approximate surface area is 111 Å². The standard InChI is InChI=1S/C15H17NO3/c1-3-16-12-7-6-11(8-13(12)19-15(16)18)14(17)9(2)10-4-5-10/h6-10H,3-5H2,1-2H3. The van der Waals surface area contributed by atoms with E-state index in [2.05, 4.69) is 0 Å². The van der Waals surface area contributed by atoms with Crippen molar-refractivity contribution < 1.29 is 9.21 Å². The minimum Gasteiger partial charge on any atom is -0.408 e. The summed E-state index contributed by atoms with van der Waals surface area (Å²) in [6.45, 7) is 4.44. The third-order valence-electron chi connectivity index (χ3n) is 4.01. The van der Waals surface area contributed by atoms with Crippen LogP contribution in [0, 0.1) is 11.8 Å². The second-order valence-electron chi connectivity index (χ2n) is 5.29. The zero-order valence-electron chi connectivity index (χ0n) is 11.2. The number of nitrogens with zero attached hydrogens (tertiary/aromatic N) is 1. The van der Waals surface area contributed by atoms with E-state index in [0.717, 1.165) is 18.4 Å². The fourth-order valence-electron chi connectivity index (χ4n) is 2.59. The first kappa shape index (κ1) is 12.2. The van der Waals surface area contributed by atoms with E-state index in [9.17, 15) is 9.59 Å². The Morgan fingerprint density at radius 1 is 1.47 bits per heavy atom. The Morgan fingerprint density at radius 2 is 2.21 bits per heavy atom. The predicted octanol–water partition coefficient (Wildman–Crippen LogP) is 2.84. The molecule has 4 heteroatoms. The van der Waals surface area contributed by atoms with Crippen LogP contribution in [0.15, 0.2) is 27.4 Å². The van der Waals surface area contributed by atoms with Gasteiger partial charge in [-0.3, -0.25) is 9.36 Å². The van der Waals surface area contributed by atoms with Crippen LogP contribution in [-0.4, -0.2) is 10.4 Å². The van der Waals surface area contributed by atoms with Crippen molar-refractivity contribution >= 4 is 16.9 Å². The summed E-state index contributed by atoms with van der Waals surface area (Å²) >= 11 is 0. The number of carbonyl (C=O) groups is 1. The number of benzene rings is 1. The van der Waals surface area contributed by atoms with E-state index < -0.39 is 0 Å². The number of fused-ring (bicyclic) bond motifs is 1. The smallest absolute Gasteiger partial charge is 0.408 e. The third-order valence-corrected chi connectivity index (χ3v) is 4.01. The van der Waals surface area contributed by atoms with Crippen molar-refractivity contribution in [2.45, 2.75) is 33.2 Å². The molecule has 1 aliphatic carbocycles. The van der Waals surface area contributed by atoms with E-state index in [1.807, 2.05) is 13.8 Å². The molecular formula is C15H17NO3. The highest BCUT2D eigenvalue weighted by Crippen LogP contribution is 2.38. The average Bonchev–Trinajstić information content (AvgIpc) is 3.19. The Morgan fingerprint density at radius 3 is 2.84 bits per heavy atom. The fourth-order valence-corrected chi connectivity index (χ4v) is 2.59. The molecule has 1 unspecified atom stereocenters. The summed E-state index contributed by atoms with van der Waals surface area (Å²) in [4.78, 5) is 23.9. The largest absolute Gasteiger partial charge is 0.419 e. The van der Waals surface area contributed by atoms with Crippen molar-refractivity contribution in [2.75, 3.05) is 0 Å². The van der Waals surface area contributed by atoms with Gasteiger partial charge in [-0.15, -0.1) is 0 Å². The van der Waals surface area contributed by atoms with E-state index >= 15 is 0 Å². The quantitative estimate of drug-likeness (QED) is 0.793. The number of ketones is 1. The Kier molecular flexibility index (Phi) is 2.81. The molecule has 1 aromatic heterocycles. The molecule has 1 atom stereocenters. The van der Waals surface area contributed by atoms with E-state index in [4.69, 9.17) is 4.42 Å². The third kappa shape index (κ3) is 2.01. The predicted molar refractivity (Wildman–Crippen MR) is 72.4 cm³/mol. The van der Waals surface area contributed by atoms with Crippen molar-refractivity contribution in [3.63, 3.8) is 0 Å². The molecule has 0 saturated heterocycles. The summed E-state index contributed by atoms with van der Waals surface area (Å²) < 4.78 is 6.76. The summed E-state index contributed by atoms with van der Waals surface area (Å²) in [5.74, 6) is 0.390. The average molecular weight is 259 g/mol. The lowest BCUT2D eigenvalue weighted by Gasteiger charge is -2.08. The van der Waals surface area contributed by atoms with Gasteiger partial charge in [-0.2, -0.15) is 0 Å². The van der Waals surface area contributed by atoms with E-state index in [1.54, 1.807) is 22.8 Å². The topological polar surface area (TPSA) is 52.2 Å². The van der Waals surface area contributed by atoms with Crippen LogP contribution in [0.2, 0.25) is 0 Å². The molecule has 100 valence electrons. The number of hydrogen-bond acceptors (Lipinski definition) is 3. The molecule has 19 heavy (non-hydrogen) atoms. The molecule has 1 aliphatic rings. The fraction of sp³-hybridized carbons (Fsp3) is 0.467. The molecule has 1 saturated carbocycles.